The summed E-state index contributed by atoms with van der Waals surface area (Å²) in [6.45, 7) is 3.17. The van der Waals surface area contributed by atoms with E-state index in [0.29, 0.717) is 44.0 Å². The van der Waals surface area contributed by atoms with Gasteiger partial charge in [-0.1, -0.05) is 18.2 Å². The fraction of sp³-hybridized carbons (Fsp3) is 0.300. The van der Waals surface area contributed by atoms with Gasteiger partial charge in [0.05, 0.1) is 5.69 Å². The van der Waals surface area contributed by atoms with Gasteiger partial charge >= 0.3 is 0 Å². The summed E-state index contributed by atoms with van der Waals surface area (Å²) in [5.74, 6) is 0.360. The van der Waals surface area contributed by atoms with Gasteiger partial charge in [0, 0.05) is 38.3 Å². The number of ether oxygens (including phenoxy) is 1. The van der Waals surface area contributed by atoms with Gasteiger partial charge in [0.25, 0.3) is 5.91 Å². The van der Waals surface area contributed by atoms with Crippen LogP contribution in [0.15, 0.2) is 54.9 Å². The van der Waals surface area contributed by atoms with E-state index in [1.54, 1.807) is 29.2 Å². The van der Waals surface area contributed by atoms with Crippen molar-refractivity contribution >= 4 is 5.91 Å². The Bertz CT molecular complexity index is 940. The van der Waals surface area contributed by atoms with Gasteiger partial charge in [-0.15, -0.1) is 5.10 Å². The highest BCUT2D eigenvalue weighted by Crippen LogP contribution is 2.15. The minimum absolute atomic E-state index is 0.0163. The molecule has 0 aliphatic carbocycles. The van der Waals surface area contributed by atoms with Crippen LogP contribution < -0.4 is 4.74 Å². The van der Waals surface area contributed by atoms with E-state index in [1.165, 1.54) is 17.1 Å². The van der Waals surface area contributed by atoms with Gasteiger partial charge in [-0.3, -0.25) is 9.69 Å². The van der Waals surface area contributed by atoms with Crippen LogP contribution in [0.1, 0.15) is 5.56 Å². The molecular formula is C20H21FN6O2. The first-order valence-electron chi connectivity index (χ1n) is 9.39. The number of carbonyl (C=O) groups excluding carboxylic acids is 1. The second-order valence-electron chi connectivity index (χ2n) is 6.79. The van der Waals surface area contributed by atoms with Crippen molar-refractivity contribution in [3.05, 3.63) is 66.2 Å². The summed E-state index contributed by atoms with van der Waals surface area (Å²) >= 11 is 0. The average molecular weight is 396 g/mol. The molecule has 0 radical (unpaired) electrons. The highest BCUT2D eigenvalue weighted by Gasteiger charge is 2.22. The number of hydrogen-bond donors (Lipinski definition) is 0. The molecule has 0 atom stereocenters. The molecule has 150 valence electrons. The third kappa shape index (κ3) is 4.75. The molecule has 2 aromatic carbocycles. The van der Waals surface area contributed by atoms with Crippen LogP contribution in [0.2, 0.25) is 0 Å². The lowest BCUT2D eigenvalue weighted by Gasteiger charge is -2.34. The molecule has 0 bridgehead atoms. The number of hydrogen-bond acceptors (Lipinski definition) is 6. The summed E-state index contributed by atoms with van der Waals surface area (Å²) < 4.78 is 21.0. The number of amides is 1. The molecule has 8 nitrogen and oxygen atoms in total. The molecular weight excluding hydrogens is 375 g/mol. The van der Waals surface area contributed by atoms with E-state index in [0.717, 1.165) is 5.69 Å². The summed E-state index contributed by atoms with van der Waals surface area (Å²) in [7, 11) is 0. The van der Waals surface area contributed by atoms with E-state index in [4.69, 9.17) is 4.74 Å². The van der Waals surface area contributed by atoms with E-state index in [-0.39, 0.29) is 18.3 Å². The van der Waals surface area contributed by atoms with Gasteiger partial charge in [0.1, 0.15) is 17.9 Å². The Morgan fingerprint density at radius 1 is 1.03 bits per heavy atom. The Labute approximate surface area is 167 Å². The summed E-state index contributed by atoms with van der Waals surface area (Å²) in [6.07, 6.45) is 1.51. The lowest BCUT2D eigenvalue weighted by molar-refractivity contribution is -0.135. The maximum Gasteiger partial charge on any atom is 0.260 e. The van der Waals surface area contributed by atoms with Gasteiger partial charge in [0.2, 0.25) is 0 Å². The van der Waals surface area contributed by atoms with E-state index < -0.39 is 0 Å². The van der Waals surface area contributed by atoms with Crippen molar-refractivity contribution in [2.24, 2.45) is 0 Å². The van der Waals surface area contributed by atoms with Gasteiger partial charge in [-0.25, -0.2) is 9.07 Å². The Hall–Kier alpha value is -3.33. The molecule has 4 rings (SSSR count). The minimum atomic E-state index is -0.189. The fourth-order valence-electron chi connectivity index (χ4n) is 3.23. The van der Waals surface area contributed by atoms with E-state index in [2.05, 4.69) is 20.4 Å². The number of halogens is 1. The largest absolute Gasteiger partial charge is 0.484 e. The Morgan fingerprint density at radius 2 is 1.79 bits per heavy atom. The van der Waals surface area contributed by atoms with E-state index >= 15 is 0 Å². The maximum atomic E-state index is 13.8. The summed E-state index contributed by atoms with van der Waals surface area (Å²) in [6, 6.07) is 14.0. The Balaban J connectivity index is 1.23. The number of piperazine rings is 1. The van der Waals surface area contributed by atoms with Crippen LogP contribution in [0.25, 0.3) is 5.69 Å². The van der Waals surface area contributed by atoms with Gasteiger partial charge < -0.3 is 9.64 Å². The number of nitrogens with zero attached hydrogens (tertiary/aromatic N) is 6. The minimum Gasteiger partial charge on any atom is -0.484 e. The lowest BCUT2D eigenvalue weighted by Crippen LogP contribution is -2.49. The monoisotopic (exact) mass is 396 g/mol. The molecule has 29 heavy (non-hydrogen) atoms. The van der Waals surface area contributed by atoms with Crippen molar-refractivity contribution in [3.8, 4) is 11.4 Å². The topological polar surface area (TPSA) is 76.4 Å². The average Bonchev–Trinajstić information content (AvgIpc) is 3.29. The molecule has 1 fully saturated rings. The Morgan fingerprint density at radius 3 is 2.48 bits per heavy atom. The molecule has 1 aliphatic heterocycles. The fourth-order valence-corrected chi connectivity index (χ4v) is 3.23. The lowest BCUT2D eigenvalue weighted by atomic mass is 10.2. The SMILES string of the molecule is O=C(COc1ccc(-n2cnnn2)cc1)N1CCN(Cc2ccccc2F)CC1. The number of benzene rings is 2. The van der Waals surface area contributed by atoms with Crippen LogP contribution >= 0.6 is 0 Å². The molecule has 1 aliphatic rings. The number of tetrazole rings is 1. The summed E-state index contributed by atoms with van der Waals surface area (Å²) in [4.78, 5) is 16.4. The first-order valence-corrected chi connectivity index (χ1v) is 9.39. The van der Waals surface area contributed by atoms with Crippen LogP contribution in [0, 0.1) is 5.82 Å². The molecule has 1 amide bonds. The van der Waals surface area contributed by atoms with Gasteiger partial charge in [-0.2, -0.15) is 0 Å². The molecule has 0 N–H and O–H groups in total. The van der Waals surface area contributed by atoms with Crippen molar-refractivity contribution in [1.29, 1.82) is 0 Å². The van der Waals surface area contributed by atoms with Crippen LogP contribution in [0.5, 0.6) is 5.75 Å². The molecule has 2 heterocycles. The molecule has 1 saturated heterocycles. The second-order valence-corrected chi connectivity index (χ2v) is 6.79. The highest BCUT2D eigenvalue weighted by molar-refractivity contribution is 5.77. The van der Waals surface area contributed by atoms with Crippen molar-refractivity contribution in [1.82, 2.24) is 30.0 Å². The summed E-state index contributed by atoms with van der Waals surface area (Å²) in [5.41, 5.74) is 1.49. The molecule has 9 heteroatoms. The second kappa shape index (κ2) is 8.78. The van der Waals surface area contributed by atoms with Crippen molar-refractivity contribution in [2.45, 2.75) is 6.54 Å². The quantitative estimate of drug-likeness (QED) is 0.629. The normalized spacial score (nSPS) is 14.7. The van der Waals surface area contributed by atoms with Crippen LogP contribution in [-0.2, 0) is 11.3 Å². The zero-order chi connectivity index (χ0) is 20.1. The molecule has 0 saturated carbocycles. The zero-order valence-corrected chi connectivity index (χ0v) is 15.8. The number of aromatic nitrogens is 4. The number of rotatable bonds is 6. The smallest absolute Gasteiger partial charge is 0.260 e. The molecule has 0 spiro atoms. The first kappa shape index (κ1) is 19.0. The van der Waals surface area contributed by atoms with Crippen molar-refractivity contribution in [3.63, 3.8) is 0 Å². The third-order valence-corrected chi connectivity index (χ3v) is 4.89. The molecule has 0 unspecified atom stereocenters. The maximum absolute atomic E-state index is 13.8. The van der Waals surface area contributed by atoms with Crippen molar-refractivity contribution < 1.29 is 13.9 Å². The molecule has 1 aromatic heterocycles. The van der Waals surface area contributed by atoms with Crippen molar-refractivity contribution in [2.75, 3.05) is 32.8 Å². The summed E-state index contributed by atoms with van der Waals surface area (Å²) in [5, 5.41) is 11.0. The zero-order valence-electron chi connectivity index (χ0n) is 15.8. The molecule has 3 aromatic rings. The predicted octanol–water partition coefficient (Wildman–Crippen LogP) is 1.52. The predicted molar refractivity (Wildman–Crippen MR) is 103 cm³/mol. The van der Waals surface area contributed by atoms with Gasteiger partial charge in [-0.05, 0) is 40.8 Å². The Kier molecular flexibility index (Phi) is 5.76. The van der Waals surface area contributed by atoms with Crippen LogP contribution in [0.3, 0.4) is 0 Å². The van der Waals surface area contributed by atoms with Crippen LogP contribution in [-0.4, -0.2) is 68.7 Å². The first-order chi connectivity index (χ1) is 14.2. The highest BCUT2D eigenvalue weighted by atomic mass is 19.1. The third-order valence-electron chi connectivity index (χ3n) is 4.89. The van der Waals surface area contributed by atoms with Crippen LogP contribution in [0.4, 0.5) is 4.39 Å². The van der Waals surface area contributed by atoms with Gasteiger partial charge in [0.15, 0.2) is 6.61 Å². The number of carbonyl (C=O) groups is 1. The van der Waals surface area contributed by atoms with E-state index in [1.807, 2.05) is 18.2 Å². The standard InChI is InChI=1S/C20H21FN6O2/c21-19-4-2-1-3-16(19)13-25-9-11-26(12-10-25)20(28)14-29-18-7-5-17(6-8-18)27-15-22-23-24-27/h1-8,15H,9-14H2. The van der Waals surface area contributed by atoms with E-state index in [9.17, 15) is 9.18 Å².